The molecule has 1 aromatic heterocycles. The van der Waals surface area contributed by atoms with Crippen molar-refractivity contribution >= 4 is 11.6 Å². The number of benzene rings is 1. The third-order valence-corrected chi connectivity index (χ3v) is 2.82. The molecule has 2 aromatic rings. The lowest BCUT2D eigenvalue weighted by molar-refractivity contribution is 0.0974. The third-order valence-electron chi connectivity index (χ3n) is 2.57. The van der Waals surface area contributed by atoms with Crippen molar-refractivity contribution in [1.82, 2.24) is 4.98 Å². The Bertz CT molecular complexity index is 465. The van der Waals surface area contributed by atoms with Gasteiger partial charge < -0.3 is 5.11 Å². The molecule has 0 spiro atoms. The van der Waals surface area contributed by atoms with E-state index in [4.69, 9.17) is 11.6 Å². The van der Waals surface area contributed by atoms with Crippen molar-refractivity contribution in [3.8, 4) is 0 Å². The van der Waals surface area contributed by atoms with E-state index >= 15 is 0 Å². The molecule has 0 amide bonds. The van der Waals surface area contributed by atoms with Gasteiger partial charge in [-0.05, 0) is 36.8 Å². The topological polar surface area (TPSA) is 33.1 Å². The van der Waals surface area contributed by atoms with Gasteiger partial charge in [0.25, 0.3) is 0 Å². The highest BCUT2D eigenvalue weighted by Gasteiger charge is 2.26. The van der Waals surface area contributed by atoms with Crippen LogP contribution in [0.5, 0.6) is 0 Å². The molecule has 0 radical (unpaired) electrons. The van der Waals surface area contributed by atoms with Crippen molar-refractivity contribution in [1.29, 1.82) is 0 Å². The zero-order chi connectivity index (χ0) is 11.6. The fraction of sp³-hybridized carbons (Fsp3) is 0.154. The first-order valence-electron chi connectivity index (χ1n) is 5.00. The third kappa shape index (κ3) is 2.08. The van der Waals surface area contributed by atoms with Crippen LogP contribution in [0, 0.1) is 0 Å². The van der Waals surface area contributed by atoms with E-state index in [2.05, 4.69) is 4.98 Å². The first kappa shape index (κ1) is 11.1. The number of halogens is 1. The number of rotatable bonds is 2. The van der Waals surface area contributed by atoms with Gasteiger partial charge in [0, 0.05) is 11.2 Å². The molecule has 16 heavy (non-hydrogen) atoms. The molecule has 0 saturated carbocycles. The monoisotopic (exact) mass is 233 g/mol. The molecule has 1 atom stereocenters. The molecule has 0 fully saturated rings. The normalized spacial score (nSPS) is 14.4. The largest absolute Gasteiger partial charge is 0.379 e. The lowest BCUT2D eigenvalue weighted by Crippen LogP contribution is -2.23. The minimum Gasteiger partial charge on any atom is -0.379 e. The second-order valence-corrected chi connectivity index (χ2v) is 4.23. The second kappa shape index (κ2) is 4.24. The summed E-state index contributed by atoms with van der Waals surface area (Å²) in [5, 5.41) is 11.1. The number of hydrogen-bond donors (Lipinski definition) is 1. The molecule has 0 bridgehead atoms. The zero-order valence-corrected chi connectivity index (χ0v) is 9.65. The van der Waals surface area contributed by atoms with Gasteiger partial charge in [0.1, 0.15) is 5.60 Å². The van der Waals surface area contributed by atoms with Crippen LogP contribution in [0.3, 0.4) is 0 Å². The van der Waals surface area contributed by atoms with Crippen LogP contribution in [0.15, 0.2) is 48.7 Å². The van der Waals surface area contributed by atoms with E-state index in [9.17, 15) is 5.11 Å². The lowest BCUT2D eigenvalue weighted by atomic mass is 9.92. The molecule has 3 heteroatoms. The maximum absolute atomic E-state index is 10.4. The maximum Gasteiger partial charge on any atom is 0.129 e. The van der Waals surface area contributed by atoms with Crippen molar-refractivity contribution < 1.29 is 5.11 Å². The number of hydrogen-bond acceptors (Lipinski definition) is 2. The summed E-state index contributed by atoms with van der Waals surface area (Å²) >= 11 is 5.81. The fourth-order valence-electron chi connectivity index (χ4n) is 1.57. The summed E-state index contributed by atoms with van der Waals surface area (Å²) < 4.78 is 0. The number of aliphatic hydroxyl groups is 1. The van der Waals surface area contributed by atoms with Crippen LogP contribution >= 0.6 is 11.6 Å². The Balaban J connectivity index is 2.43. The van der Waals surface area contributed by atoms with Gasteiger partial charge in [0.15, 0.2) is 0 Å². The van der Waals surface area contributed by atoms with Gasteiger partial charge in [0.2, 0.25) is 0 Å². The van der Waals surface area contributed by atoms with Crippen molar-refractivity contribution in [2.45, 2.75) is 12.5 Å². The Morgan fingerprint density at radius 1 is 1.12 bits per heavy atom. The first-order valence-corrected chi connectivity index (χ1v) is 5.38. The van der Waals surface area contributed by atoms with Crippen LogP contribution in [0.25, 0.3) is 0 Å². The molecule has 1 aromatic carbocycles. The maximum atomic E-state index is 10.4. The first-order chi connectivity index (χ1) is 7.60. The van der Waals surface area contributed by atoms with E-state index in [-0.39, 0.29) is 0 Å². The Morgan fingerprint density at radius 2 is 1.81 bits per heavy atom. The second-order valence-electron chi connectivity index (χ2n) is 3.79. The van der Waals surface area contributed by atoms with E-state index in [1.54, 1.807) is 43.5 Å². The van der Waals surface area contributed by atoms with Crippen molar-refractivity contribution in [2.75, 3.05) is 0 Å². The minimum absolute atomic E-state index is 0.623. The smallest absolute Gasteiger partial charge is 0.129 e. The van der Waals surface area contributed by atoms with Gasteiger partial charge in [-0.3, -0.25) is 4.98 Å². The summed E-state index contributed by atoms with van der Waals surface area (Å²) in [6.07, 6.45) is 1.67. The van der Waals surface area contributed by atoms with Crippen molar-refractivity contribution in [2.24, 2.45) is 0 Å². The molecule has 2 rings (SSSR count). The van der Waals surface area contributed by atoms with E-state index < -0.39 is 5.60 Å². The molecule has 0 unspecified atom stereocenters. The average molecular weight is 234 g/mol. The molecule has 0 aliphatic rings. The predicted octanol–water partition coefficient (Wildman–Crippen LogP) is 2.99. The summed E-state index contributed by atoms with van der Waals surface area (Å²) in [7, 11) is 0. The van der Waals surface area contributed by atoms with Crippen LogP contribution in [-0.2, 0) is 5.60 Å². The summed E-state index contributed by atoms with van der Waals surface area (Å²) in [4.78, 5) is 4.17. The summed E-state index contributed by atoms with van der Waals surface area (Å²) in [6.45, 7) is 1.72. The standard InChI is InChI=1S/C13H12ClNO/c1-13(16,12-4-2-3-9-15-12)10-5-7-11(14)8-6-10/h2-9,16H,1H3/t13-/m0/s1. The fourth-order valence-corrected chi connectivity index (χ4v) is 1.70. The van der Waals surface area contributed by atoms with Gasteiger partial charge in [-0.1, -0.05) is 29.8 Å². The van der Waals surface area contributed by atoms with Gasteiger partial charge in [-0.15, -0.1) is 0 Å². The molecule has 1 heterocycles. The quantitative estimate of drug-likeness (QED) is 0.865. The summed E-state index contributed by atoms with van der Waals surface area (Å²) in [6, 6.07) is 12.6. The Morgan fingerprint density at radius 3 is 2.38 bits per heavy atom. The molecule has 2 nitrogen and oxygen atoms in total. The summed E-state index contributed by atoms with van der Waals surface area (Å²) in [5.74, 6) is 0. The van der Waals surface area contributed by atoms with Crippen molar-refractivity contribution in [3.63, 3.8) is 0 Å². The van der Waals surface area contributed by atoms with E-state index in [1.165, 1.54) is 0 Å². The molecule has 0 aliphatic carbocycles. The highest BCUT2D eigenvalue weighted by Crippen LogP contribution is 2.28. The number of aromatic nitrogens is 1. The zero-order valence-electron chi connectivity index (χ0n) is 8.89. The van der Waals surface area contributed by atoms with Crippen LogP contribution in [0.1, 0.15) is 18.2 Å². The van der Waals surface area contributed by atoms with E-state index in [0.717, 1.165) is 5.56 Å². The molecule has 0 saturated heterocycles. The minimum atomic E-state index is -1.09. The molecular formula is C13H12ClNO. The molecular weight excluding hydrogens is 222 g/mol. The SMILES string of the molecule is C[C@](O)(c1ccc(Cl)cc1)c1ccccn1. The Hall–Kier alpha value is -1.38. The lowest BCUT2D eigenvalue weighted by Gasteiger charge is -2.23. The Kier molecular flexibility index (Phi) is 2.95. The van der Waals surface area contributed by atoms with Crippen LogP contribution < -0.4 is 0 Å². The Labute approximate surface area is 99.5 Å². The van der Waals surface area contributed by atoms with Gasteiger partial charge >= 0.3 is 0 Å². The average Bonchev–Trinajstić information content (AvgIpc) is 2.31. The van der Waals surface area contributed by atoms with Crippen LogP contribution in [0.4, 0.5) is 0 Å². The van der Waals surface area contributed by atoms with Crippen LogP contribution in [-0.4, -0.2) is 10.1 Å². The highest BCUT2D eigenvalue weighted by atomic mass is 35.5. The highest BCUT2D eigenvalue weighted by molar-refractivity contribution is 6.30. The predicted molar refractivity (Wildman–Crippen MR) is 64.4 cm³/mol. The summed E-state index contributed by atoms with van der Waals surface area (Å²) in [5.41, 5.74) is 0.305. The molecule has 0 aliphatic heterocycles. The number of pyridine rings is 1. The van der Waals surface area contributed by atoms with Crippen LogP contribution in [0.2, 0.25) is 5.02 Å². The van der Waals surface area contributed by atoms with E-state index in [1.807, 2.05) is 12.1 Å². The number of nitrogens with zero attached hydrogens (tertiary/aromatic N) is 1. The van der Waals surface area contributed by atoms with E-state index in [0.29, 0.717) is 10.7 Å². The molecule has 1 N–H and O–H groups in total. The van der Waals surface area contributed by atoms with Crippen molar-refractivity contribution in [3.05, 3.63) is 64.9 Å². The van der Waals surface area contributed by atoms with Gasteiger partial charge in [0.05, 0.1) is 5.69 Å². The molecule has 82 valence electrons. The van der Waals surface area contributed by atoms with Gasteiger partial charge in [-0.2, -0.15) is 0 Å². The van der Waals surface area contributed by atoms with Gasteiger partial charge in [-0.25, -0.2) is 0 Å².